The third-order valence-electron chi connectivity index (χ3n) is 8.94. The number of allylic oxidation sites excluding steroid dienone is 2. The molecular weight excluding hydrogens is 675 g/mol. The summed E-state index contributed by atoms with van der Waals surface area (Å²) in [6.45, 7) is 0. The van der Waals surface area contributed by atoms with Crippen LogP contribution in [0.3, 0.4) is 0 Å². The number of carbonyl (C=O) groups excluding carboxylic acids is 4. The zero-order valence-electron chi connectivity index (χ0n) is 22.3. The van der Waals surface area contributed by atoms with Gasteiger partial charge >= 0.3 is 0 Å². The number of amides is 4. The molecule has 6 rings (SSSR count). The number of hydrogen-bond acceptors (Lipinski definition) is 7. The molecule has 0 spiro atoms. The molecule has 2 aliphatic heterocycles. The van der Waals surface area contributed by atoms with Gasteiger partial charge in [-0.15, -0.1) is 23.2 Å². The van der Waals surface area contributed by atoms with Crippen molar-refractivity contribution in [2.75, 3.05) is 24.6 Å². The third kappa shape index (κ3) is 3.74. The van der Waals surface area contributed by atoms with Crippen LogP contribution in [0.4, 0.5) is 5.69 Å². The van der Waals surface area contributed by atoms with Gasteiger partial charge in [-0.1, -0.05) is 39.2 Å². The van der Waals surface area contributed by atoms with Crippen molar-refractivity contribution >= 4 is 80.0 Å². The van der Waals surface area contributed by atoms with Crippen LogP contribution in [0.2, 0.25) is 5.02 Å². The standard InChI is InChI=1S/C29H24BrCl3N2O7/c1-41-15-9-19(36)22(20(10-15)42-2)23-16-7-8-17-21(25(38)35(24(17)37)14-5-3-13(31)4-6-14)18(16)11-28(32)26(39)34(12-30)27(40)29(23,28)33/h3-7,9-10,17-18,21,23,36H,8,11-12H2,1-2H3. The first-order valence-electron chi connectivity index (χ1n) is 13.0. The van der Waals surface area contributed by atoms with Crippen LogP contribution in [-0.4, -0.2) is 63.1 Å². The number of phenols is 1. The van der Waals surface area contributed by atoms with E-state index in [-0.39, 0.29) is 47.0 Å². The van der Waals surface area contributed by atoms with Crippen LogP contribution in [0, 0.1) is 17.8 Å². The number of halogens is 4. The Hall–Kier alpha value is -2.79. The second-order valence-electron chi connectivity index (χ2n) is 10.7. The van der Waals surface area contributed by atoms with Crippen LogP contribution in [0.25, 0.3) is 0 Å². The first kappa shape index (κ1) is 29.3. The maximum atomic E-state index is 14.1. The van der Waals surface area contributed by atoms with E-state index in [1.54, 1.807) is 30.3 Å². The second-order valence-corrected chi connectivity index (χ2v) is 12.9. The van der Waals surface area contributed by atoms with Crippen molar-refractivity contribution < 1.29 is 33.8 Å². The fraction of sp³-hybridized carbons (Fsp3) is 0.379. The number of rotatable bonds is 5. The van der Waals surface area contributed by atoms with E-state index in [1.807, 2.05) is 0 Å². The number of carbonyl (C=O) groups is 4. The molecule has 2 aromatic carbocycles. The SMILES string of the molecule is COc1cc(O)c(C2C3=CCC4C(=O)N(c5ccc(Cl)cc5)C(=O)C4C3CC3(Cl)C(=O)N(CBr)C(=O)C23Cl)c(OC)c1. The van der Waals surface area contributed by atoms with Crippen molar-refractivity contribution in [1.82, 2.24) is 4.90 Å². The quantitative estimate of drug-likeness (QED) is 0.203. The second kappa shape index (κ2) is 10.1. The van der Waals surface area contributed by atoms with E-state index >= 15 is 0 Å². The first-order valence-corrected chi connectivity index (χ1v) is 15.3. The normalized spacial score (nSPS) is 32.0. The minimum atomic E-state index is -2.09. The Morgan fingerprint density at radius 3 is 2.31 bits per heavy atom. The van der Waals surface area contributed by atoms with Crippen molar-refractivity contribution in [3.63, 3.8) is 0 Å². The number of nitrogens with zero attached hydrogens (tertiary/aromatic N) is 2. The van der Waals surface area contributed by atoms with Crippen LogP contribution in [0.1, 0.15) is 24.3 Å². The van der Waals surface area contributed by atoms with E-state index in [9.17, 15) is 24.3 Å². The highest BCUT2D eigenvalue weighted by Crippen LogP contribution is 2.67. The van der Waals surface area contributed by atoms with Gasteiger partial charge in [-0.3, -0.25) is 29.0 Å². The first-order chi connectivity index (χ1) is 19.9. The Bertz CT molecular complexity index is 1580. The highest BCUT2D eigenvalue weighted by molar-refractivity contribution is 9.09. The summed E-state index contributed by atoms with van der Waals surface area (Å²) in [5.41, 5.74) is 0.857. The number of anilines is 1. The van der Waals surface area contributed by atoms with Gasteiger partial charge in [0, 0.05) is 28.6 Å². The zero-order valence-corrected chi connectivity index (χ0v) is 26.1. The summed E-state index contributed by atoms with van der Waals surface area (Å²) < 4.78 is 10.9. The van der Waals surface area contributed by atoms with E-state index in [1.165, 1.54) is 26.4 Å². The van der Waals surface area contributed by atoms with Crippen LogP contribution in [0.15, 0.2) is 48.0 Å². The molecule has 6 unspecified atom stereocenters. The summed E-state index contributed by atoms with van der Waals surface area (Å²) in [5.74, 6) is -5.75. The molecule has 9 nitrogen and oxygen atoms in total. The number of aromatic hydroxyl groups is 1. The summed E-state index contributed by atoms with van der Waals surface area (Å²) in [6.07, 6.45) is 1.78. The van der Waals surface area contributed by atoms with E-state index in [0.717, 1.165) is 9.80 Å². The molecule has 220 valence electrons. The fourth-order valence-corrected chi connectivity index (χ4v) is 8.61. The molecule has 0 radical (unpaired) electrons. The molecule has 4 aliphatic rings. The average Bonchev–Trinajstić information content (AvgIpc) is 3.31. The van der Waals surface area contributed by atoms with E-state index < -0.39 is 51.1 Å². The summed E-state index contributed by atoms with van der Waals surface area (Å²) in [4.78, 5) is 53.4. The van der Waals surface area contributed by atoms with Gasteiger partial charge in [0.2, 0.25) is 11.8 Å². The lowest BCUT2D eigenvalue weighted by Crippen LogP contribution is -2.60. The molecule has 2 aromatic rings. The van der Waals surface area contributed by atoms with Crippen LogP contribution in [-0.2, 0) is 19.2 Å². The van der Waals surface area contributed by atoms with Gasteiger partial charge in [-0.2, -0.15) is 0 Å². The molecule has 0 bridgehead atoms. The third-order valence-corrected chi connectivity index (χ3v) is 11.1. The lowest BCUT2D eigenvalue weighted by Gasteiger charge is -2.51. The van der Waals surface area contributed by atoms with Gasteiger partial charge in [0.1, 0.15) is 17.2 Å². The summed E-state index contributed by atoms with van der Waals surface area (Å²) in [6, 6.07) is 9.23. The number of ether oxygens (including phenoxy) is 2. The Morgan fingerprint density at radius 1 is 1.00 bits per heavy atom. The topological polar surface area (TPSA) is 113 Å². The van der Waals surface area contributed by atoms with Gasteiger partial charge < -0.3 is 14.6 Å². The molecule has 6 atom stereocenters. The molecule has 0 aromatic heterocycles. The number of benzene rings is 2. The monoisotopic (exact) mass is 696 g/mol. The largest absolute Gasteiger partial charge is 0.507 e. The number of hydrogen-bond donors (Lipinski definition) is 1. The Labute approximate surface area is 264 Å². The van der Waals surface area contributed by atoms with Gasteiger partial charge in [0.15, 0.2) is 9.75 Å². The lowest BCUT2D eigenvalue weighted by molar-refractivity contribution is -0.138. The Morgan fingerprint density at radius 2 is 1.69 bits per heavy atom. The highest BCUT2D eigenvalue weighted by atomic mass is 79.9. The average molecular weight is 699 g/mol. The van der Waals surface area contributed by atoms with Gasteiger partial charge in [-0.25, -0.2) is 0 Å². The minimum Gasteiger partial charge on any atom is -0.507 e. The van der Waals surface area contributed by atoms with Crippen molar-refractivity contribution in [1.29, 1.82) is 0 Å². The Balaban J connectivity index is 1.56. The molecule has 42 heavy (non-hydrogen) atoms. The molecule has 4 amide bonds. The predicted molar refractivity (Wildman–Crippen MR) is 158 cm³/mol. The number of alkyl halides is 3. The highest BCUT2D eigenvalue weighted by Gasteiger charge is 2.76. The molecule has 13 heteroatoms. The number of phenolic OH excluding ortho intramolecular Hbond substituents is 1. The van der Waals surface area contributed by atoms with E-state index in [0.29, 0.717) is 16.3 Å². The summed E-state index contributed by atoms with van der Waals surface area (Å²) in [5, 5.41) is 11.8. The maximum absolute atomic E-state index is 14.1. The molecule has 1 N–H and O–H groups in total. The number of likely N-dealkylation sites (tertiary alicyclic amines) is 1. The van der Waals surface area contributed by atoms with Gasteiger partial charge in [-0.05, 0) is 43.0 Å². The Kier molecular flexibility index (Phi) is 7.08. The predicted octanol–water partition coefficient (Wildman–Crippen LogP) is 4.98. The molecule has 2 aliphatic carbocycles. The van der Waals surface area contributed by atoms with Crippen molar-refractivity contribution in [2.45, 2.75) is 28.5 Å². The van der Waals surface area contributed by atoms with Crippen molar-refractivity contribution in [3.05, 3.63) is 58.6 Å². The summed E-state index contributed by atoms with van der Waals surface area (Å²) >= 11 is 23.7. The number of methoxy groups -OCH3 is 2. The van der Waals surface area contributed by atoms with Crippen LogP contribution >= 0.6 is 50.7 Å². The van der Waals surface area contributed by atoms with Gasteiger partial charge in [0.05, 0.1) is 37.2 Å². The van der Waals surface area contributed by atoms with Gasteiger partial charge in [0.25, 0.3) is 11.8 Å². The van der Waals surface area contributed by atoms with E-state index in [4.69, 9.17) is 44.3 Å². The van der Waals surface area contributed by atoms with Crippen LogP contribution < -0.4 is 14.4 Å². The molecule has 2 heterocycles. The summed E-state index contributed by atoms with van der Waals surface area (Å²) in [7, 11) is 2.80. The molecule has 3 fully saturated rings. The number of fused-ring (bicyclic) bond motifs is 4. The smallest absolute Gasteiger partial charge is 0.254 e. The lowest BCUT2D eigenvalue weighted by atomic mass is 9.56. The van der Waals surface area contributed by atoms with Crippen LogP contribution in [0.5, 0.6) is 17.2 Å². The maximum Gasteiger partial charge on any atom is 0.254 e. The van der Waals surface area contributed by atoms with Crippen molar-refractivity contribution in [2.24, 2.45) is 17.8 Å². The minimum absolute atomic E-state index is 0.122. The molecular formula is C29H24BrCl3N2O7. The molecule has 1 saturated carbocycles. The molecule has 2 saturated heterocycles. The fourth-order valence-electron chi connectivity index (χ4n) is 7.08. The number of imide groups is 2. The van der Waals surface area contributed by atoms with Crippen molar-refractivity contribution in [3.8, 4) is 17.2 Å². The van der Waals surface area contributed by atoms with E-state index in [2.05, 4.69) is 15.9 Å². The zero-order chi connectivity index (χ0) is 30.3.